The number of aliphatic hydroxyl groups excluding tert-OH is 1. The van der Waals surface area contributed by atoms with E-state index in [2.05, 4.69) is 63.1 Å². The van der Waals surface area contributed by atoms with Gasteiger partial charge in [-0.15, -0.1) is 0 Å². The number of fused-ring (bicyclic) bond motifs is 1. The molecule has 3 aromatic carbocycles. The van der Waals surface area contributed by atoms with Crippen molar-refractivity contribution >= 4 is 93.7 Å². The number of nitrogens with one attached hydrogen (secondary N) is 11. The van der Waals surface area contributed by atoms with Gasteiger partial charge in [-0.2, -0.15) is 0 Å². The predicted molar refractivity (Wildman–Crippen MR) is 390 cm³/mol. The van der Waals surface area contributed by atoms with Crippen LogP contribution in [-0.4, -0.2) is 190 Å². The van der Waals surface area contributed by atoms with E-state index >= 15 is 0 Å². The molecule has 0 bridgehead atoms. The number of para-hydroxylation sites is 1. The molecule has 29 N–H and O–H groups in total. The first-order chi connectivity index (χ1) is 49.7. The Hall–Kier alpha value is -10.8. The molecule has 0 spiro atoms. The van der Waals surface area contributed by atoms with E-state index in [4.69, 9.17) is 45.9 Å². The number of H-pyrrole nitrogens is 1. The van der Waals surface area contributed by atoms with Gasteiger partial charge < -0.3 is 114 Å². The van der Waals surface area contributed by atoms with Crippen molar-refractivity contribution in [2.45, 2.75) is 197 Å². The van der Waals surface area contributed by atoms with Crippen LogP contribution >= 0.6 is 0 Å². The number of guanidine groups is 1. The molecule has 35 heteroatoms. The predicted octanol–water partition coefficient (Wildman–Crippen LogP) is -4.29. The largest absolute Gasteiger partial charge is 0.508 e. The molecule has 4 rings (SSSR count). The molecule has 576 valence electrons. The highest BCUT2D eigenvalue weighted by Gasteiger charge is 2.38. The highest BCUT2D eigenvalue weighted by Crippen LogP contribution is 2.21. The number of phenols is 1. The molecular formula is C70H106N20O15. The number of carbonyl (C=O) groups is 13. The number of aromatic nitrogens is 1. The third-order valence-electron chi connectivity index (χ3n) is 17.1. The quantitative estimate of drug-likeness (QED) is 0.0113. The Balaban J connectivity index is 1.49. The molecule has 0 radical (unpaired) electrons. The normalized spacial score (nSPS) is 14.7. The molecule has 35 nitrogen and oxygen atoms in total. The lowest BCUT2D eigenvalue weighted by Gasteiger charge is -2.29. The lowest BCUT2D eigenvalue weighted by molar-refractivity contribution is -0.137. The van der Waals surface area contributed by atoms with Gasteiger partial charge in [0, 0.05) is 62.3 Å². The lowest BCUT2D eigenvalue weighted by atomic mass is 10.00. The number of rotatable bonds is 47. The van der Waals surface area contributed by atoms with E-state index < -0.39 is 168 Å². The third-order valence-corrected chi connectivity index (χ3v) is 17.1. The van der Waals surface area contributed by atoms with Crippen LogP contribution in [0.25, 0.3) is 10.9 Å². The lowest BCUT2D eigenvalue weighted by Crippen LogP contribution is -2.62. The van der Waals surface area contributed by atoms with E-state index in [0.29, 0.717) is 36.0 Å². The maximum Gasteiger partial charge on any atom is 0.245 e. The number of aromatic amines is 1. The molecule has 0 saturated carbocycles. The topological polar surface area (TPSA) is 619 Å². The summed E-state index contributed by atoms with van der Waals surface area (Å²) in [6.07, 6.45) is -0.387. The van der Waals surface area contributed by atoms with Gasteiger partial charge in [0.1, 0.15) is 60.1 Å². The van der Waals surface area contributed by atoms with Gasteiger partial charge in [0.05, 0.1) is 18.2 Å². The first-order valence-corrected chi connectivity index (χ1v) is 34.9. The van der Waals surface area contributed by atoms with Crippen LogP contribution in [0, 0.1) is 11.8 Å². The number of carbonyl (C=O) groups excluding carboxylic acids is 13. The molecule has 13 amide bonds. The zero-order chi connectivity index (χ0) is 78.0. The minimum atomic E-state index is -1.72. The standard InChI is InChI=1S/C70H106N20O15/c1-37(2)56(88-65(101)52(34-41-22-24-43(92)25-23-41)87-63(99)50(27-29-55(75)94)84-64(100)53(35-42-36-81-47-20-10-9-17-44(42)47)85-61(97)46(73)19-14-32-80-70(77)78)67(103)79-31-13-18-45(72)60(96)83-49(21-11-12-30-71)62(98)86-51(33-40-15-7-6-8-16-40)66(102)90-58(39(5)91)69(105)89-57(38(3)4)68(104)82-48(59(76)95)26-28-54(74)93/h6-10,15-17,20,22-25,36-39,45-46,48-53,56-58,81,91-92H,11-14,18-19,21,26-35,71-73H2,1-5H3,(H2,74,93)(H2,75,94)(H2,76,95)(H,79,103)(H,82,104)(H,83,96)(H,84,100)(H,85,97)(H,86,98)(H,87,99)(H,88,101)(H,89,105)(H,90,102)(H4,77,78,80)/t39-,45-,46+,48+,49+,50+,51+,52+,53+,56+,57+,58+/m1/s1. The maximum atomic E-state index is 14.5. The summed E-state index contributed by atoms with van der Waals surface area (Å²) in [7, 11) is 0. The minimum Gasteiger partial charge on any atom is -0.508 e. The molecule has 0 aliphatic heterocycles. The zero-order valence-corrected chi connectivity index (χ0v) is 60.0. The molecule has 0 aliphatic rings. The van der Waals surface area contributed by atoms with Crippen LogP contribution in [0.2, 0.25) is 0 Å². The summed E-state index contributed by atoms with van der Waals surface area (Å²) in [5, 5.41) is 47.9. The number of benzene rings is 3. The molecule has 4 aromatic rings. The molecular weight excluding hydrogens is 1360 g/mol. The van der Waals surface area contributed by atoms with Crippen LogP contribution in [0.4, 0.5) is 0 Å². The Kier molecular flexibility index (Phi) is 36.3. The van der Waals surface area contributed by atoms with Gasteiger partial charge in [0.2, 0.25) is 76.8 Å². The van der Waals surface area contributed by atoms with Crippen molar-refractivity contribution in [3.63, 3.8) is 0 Å². The van der Waals surface area contributed by atoms with E-state index in [9.17, 15) is 72.5 Å². The second-order valence-corrected chi connectivity index (χ2v) is 26.5. The summed E-state index contributed by atoms with van der Waals surface area (Å²) < 4.78 is 0. The summed E-state index contributed by atoms with van der Waals surface area (Å²) >= 11 is 0. The third kappa shape index (κ3) is 30.2. The Labute approximate surface area is 608 Å². The van der Waals surface area contributed by atoms with E-state index in [1.54, 1.807) is 70.3 Å². The Morgan fingerprint density at radius 2 is 0.886 bits per heavy atom. The molecule has 0 fully saturated rings. The minimum absolute atomic E-state index is 0.0258. The summed E-state index contributed by atoms with van der Waals surface area (Å²) in [5.74, 6) is -12.5. The number of amides is 13. The smallest absolute Gasteiger partial charge is 0.245 e. The van der Waals surface area contributed by atoms with Crippen LogP contribution in [0.5, 0.6) is 5.75 Å². The van der Waals surface area contributed by atoms with E-state index in [0.717, 1.165) is 10.9 Å². The van der Waals surface area contributed by atoms with Crippen molar-refractivity contribution < 1.29 is 72.5 Å². The molecule has 0 unspecified atom stereocenters. The van der Waals surface area contributed by atoms with E-state index in [1.807, 2.05) is 18.2 Å². The molecule has 12 atom stereocenters. The second kappa shape index (κ2) is 44.0. The fourth-order valence-electron chi connectivity index (χ4n) is 11.0. The first kappa shape index (κ1) is 86.6. The van der Waals surface area contributed by atoms with Crippen molar-refractivity contribution in [2.24, 2.45) is 62.7 Å². The monoisotopic (exact) mass is 1470 g/mol. The Morgan fingerprint density at radius 3 is 1.43 bits per heavy atom. The number of nitrogens with two attached hydrogens (primary N) is 8. The van der Waals surface area contributed by atoms with Gasteiger partial charge >= 0.3 is 0 Å². The number of primary amides is 3. The molecule has 0 aliphatic carbocycles. The van der Waals surface area contributed by atoms with Gasteiger partial charge in [-0.1, -0.05) is 88.4 Å². The SMILES string of the molecule is CC(C)[C@H](NC(=O)[C@H](Cc1ccc(O)cc1)NC(=O)[C@H](CCC(N)=O)NC(=O)[C@H](Cc1c[nH]c2ccccc12)NC(=O)[C@@H](N)CCCN=C(N)N)C(=O)NCCC[C@@H](N)C(=O)N[C@@H](CCCCN)C(=O)N[C@@H](Cc1ccccc1)C(=O)N[C@H](C(=O)N[C@H](C(=O)N[C@@H](CCC(N)=O)C(N)=O)C(C)C)[C@@H](C)O. The number of phenolic OH excluding ortho intramolecular Hbond substituents is 1. The van der Waals surface area contributed by atoms with Crippen molar-refractivity contribution in [3.8, 4) is 5.75 Å². The van der Waals surface area contributed by atoms with Crippen LogP contribution in [0.3, 0.4) is 0 Å². The number of aliphatic imine (C=N–C) groups is 1. The van der Waals surface area contributed by atoms with Crippen molar-refractivity contribution in [2.75, 3.05) is 19.6 Å². The number of hydrogen-bond acceptors (Lipinski definition) is 19. The first-order valence-electron chi connectivity index (χ1n) is 34.9. The maximum absolute atomic E-state index is 14.5. The molecule has 1 aromatic heterocycles. The van der Waals surface area contributed by atoms with Crippen molar-refractivity contribution in [1.82, 2.24) is 58.2 Å². The van der Waals surface area contributed by atoms with Crippen molar-refractivity contribution in [3.05, 3.63) is 102 Å². The van der Waals surface area contributed by atoms with E-state index in [-0.39, 0.29) is 95.6 Å². The summed E-state index contributed by atoms with van der Waals surface area (Å²) in [4.78, 5) is 184. The van der Waals surface area contributed by atoms with E-state index in [1.165, 1.54) is 31.2 Å². The van der Waals surface area contributed by atoms with Crippen LogP contribution in [-0.2, 0) is 81.6 Å². The van der Waals surface area contributed by atoms with Crippen LogP contribution < -0.4 is 99.0 Å². The average molecular weight is 1470 g/mol. The van der Waals surface area contributed by atoms with Gasteiger partial charge in [-0.05, 0) is 118 Å². The number of aliphatic hydroxyl groups is 1. The van der Waals surface area contributed by atoms with Crippen LogP contribution in [0.15, 0.2) is 90.1 Å². The molecule has 0 saturated heterocycles. The van der Waals surface area contributed by atoms with Gasteiger partial charge in [-0.25, -0.2) is 0 Å². The fraction of sp³-hybridized carbons (Fsp3) is 0.514. The molecule has 105 heavy (non-hydrogen) atoms. The van der Waals surface area contributed by atoms with Gasteiger partial charge in [0.25, 0.3) is 0 Å². The number of nitrogens with zero attached hydrogens (tertiary/aromatic N) is 1. The highest BCUT2D eigenvalue weighted by molar-refractivity contribution is 5.99. The summed E-state index contributed by atoms with van der Waals surface area (Å²) in [6, 6.07) is 6.25. The summed E-state index contributed by atoms with van der Waals surface area (Å²) in [5.41, 5.74) is 47.9. The van der Waals surface area contributed by atoms with Crippen molar-refractivity contribution in [1.29, 1.82) is 0 Å². The number of hydrogen-bond donors (Lipinski definition) is 21. The number of aromatic hydroxyl groups is 1. The average Bonchev–Trinajstić information content (AvgIpc) is 1.30. The summed E-state index contributed by atoms with van der Waals surface area (Å²) in [6.45, 7) is 7.99. The highest BCUT2D eigenvalue weighted by atomic mass is 16.3. The Morgan fingerprint density at radius 1 is 0.448 bits per heavy atom. The second-order valence-electron chi connectivity index (χ2n) is 26.5. The van der Waals surface area contributed by atoms with Gasteiger partial charge in [-0.3, -0.25) is 67.3 Å². The van der Waals surface area contributed by atoms with Crippen LogP contribution in [0.1, 0.15) is 122 Å². The fourth-order valence-corrected chi connectivity index (χ4v) is 11.0. The zero-order valence-electron chi connectivity index (χ0n) is 60.0. The Bertz CT molecular complexity index is 3610. The molecule has 1 heterocycles. The number of unbranched alkanes of at least 4 members (excludes halogenated alkanes) is 1. The van der Waals surface area contributed by atoms with Gasteiger partial charge in [0.15, 0.2) is 5.96 Å².